The molecule has 0 aromatic carbocycles. The molecule has 1 fully saturated rings. The fourth-order valence-electron chi connectivity index (χ4n) is 1.93. The number of nitrogens with zero attached hydrogens (tertiary/aromatic N) is 2. The van der Waals surface area contributed by atoms with Gasteiger partial charge in [-0.25, -0.2) is 0 Å². The van der Waals surface area contributed by atoms with Gasteiger partial charge >= 0.3 is 0 Å². The molecular formula is C11H15BrN2O2. The maximum atomic E-state index is 9.15. The molecule has 2 unspecified atom stereocenters. The molecule has 5 heteroatoms. The van der Waals surface area contributed by atoms with E-state index in [0.29, 0.717) is 6.54 Å². The van der Waals surface area contributed by atoms with Gasteiger partial charge in [0.25, 0.3) is 0 Å². The molecule has 88 valence electrons. The number of aromatic nitrogens is 1. The van der Waals surface area contributed by atoms with Crippen molar-refractivity contribution in [2.45, 2.75) is 19.1 Å². The van der Waals surface area contributed by atoms with Crippen molar-refractivity contribution in [3.05, 3.63) is 22.9 Å². The summed E-state index contributed by atoms with van der Waals surface area (Å²) >= 11 is 3.41. The monoisotopic (exact) mass is 286 g/mol. The second kappa shape index (κ2) is 5.12. The minimum absolute atomic E-state index is 0.0578. The van der Waals surface area contributed by atoms with Crippen LogP contribution in [0.3, 0.4) is 0 Å². The van der Waals surface area contributed by atoms with Gasteiger partial charge in [-0.3, -0.25) is 4.98 Å². The van der Waals surface area contributed by atoms with Gasteiger partial charge in [0.05, 0.1) is 30.7 Å². The number of hydrogen-bond donors (Lipinski definition) is 1. The molecule has 2 heterocycles. The Kier molecular flexibility index (Phi) is 3.78. The van der Waals surface area contributed by atoms with E-state index in [2.05, 4.69) is 25.8 Å². The number of ether oxygens (including phenoxy) is 1. The van der Waals surface area contributed by atoms with Crippen molar-refractivity contribution < 1.29 is 9.84 Å². The zero-order chi connectivity index (χ0) is 11.5. The Balaban J connectivity index is 2.14. The minimum atomic E-state index is -0.109. The van der Waals surface area contributed by atoms with Crippen LogP contribution in [0.25, 0.3) is 0 Å². The number of hydrogen-bond acceptors (Lipinski definition) is 4. The van der Waals surface area contributed by atoms with Gasteiger partial charge in [-0.15, -0.1) is 0 Å². The Morgan fingerprint density at radius 2 is 2.38 bits per heavy atom. The Morgan fingerprint density at radius 3 is 3.06 bits per heavy atom. The maximum absolute atomic E-state index is 9.15. The quantitative estimate of drug-likeness (QED) is 0.894. The van der Waals surface area contributed by atoms with Crippen LogP contribution in [0, 0.1) is 0 Å². The molecule has 1 aromatic rings. The summed E-state index contributed by atoms with van der Waals surface area (Å²) in [6.07, 6.45) is 3.61. The lowest BCUT2D eigenvalue weighted by atomic mass is 10.2. The van der Waals surface area contributed by atoms with Crippen LogP contribution in [0.1, 0.15) is 6.92 Å². The normalized spacial score (nSPS) is 25.8. The first-order valence-corrected chi connectivity index (χ1v) is 6.10. The van der Waals surface area contributed by atoms with E-state index in [0.717, 1.165) is 16.7 Å². The third kappa shape index (κ3) is 2.72. The molecule has 1 N–H and O–H groups in total. The summed E-state index contributed by atoms with van der Waals surface area (Å²) in [5, 5.41) is 9.15. The van der Waals surface area contributed by atoms with E-state index in [-0.39, 0.29) is 18.8 Å². The molecule has 16 heavy (non-hydrogen) atoms. The maximum Gasteiger partial charge on any atom is 0.0984 e. The number of rotatable bonds is 2. The summed E-state index contributed by atoms with van der Waals surface area (Å²) in [6.45, 7) is 3.61. The smallest absolute Gasteiger partial charge is 0.0984 e. The Hall–Kier alpha value is -0.650. The molecule has 2 rings (SSSR count). The molecule has 0 spiro atoms. The Bertz CT molecular complexity index is 362. The first-order valence-electron chi connectivity index (χ1n) is 5.31. The average Bonchev–Trinajstić information content (AvgIpc) is 2.28. The van der Waals surface area contributed by atoms with Gasteiger partial charge in [-0.1, -0.05) is 0 Å². The van der Waals surface area contributed by atoms with Gasteiger partial charge in [-0.2, -0.15) is 0 Å². The lowest BCUT2D eigenvalue weighted by Gasteiger charge is -2.37. The van der Waals surface area contributed by atoms with Crippen LogP contribution in [0.5, 0.6) is 0 Å². The predicted octanol–water partition coefficient (Wildman–Crippen LogP) is 1.43. The molecular weight excluding hydrogens is 272 g/mol. The third-order valence-corrected chi connectivity index (χ3v) is 3.02. The number of anilines is 1. The molecule has 1 aliphatic rings. The van der Waals surface area contributed by atoms with E-state index in [1.54, 1.807) is 6.20 Å². The highest BCUT2D eigenvalue weighted by atomic mass is 79.9. The van der Waals surface area contributed by atoms with Crippen LogP contribution in [0.15, 0.2) is 22.9 Å². The first kappa shape index (κ1) is 11.8. The molecule has 0 aliphatic carbocycles. The summed E-state index contributed by atoms with van der Waals surface area (Å²) in [5.74, 6) is 0. The summed E-state index contributed by atoms with van der Waals surface area (Å²) in [5.41, 5.74) is 1.06. The van der Waals surface area contributed by atoms with Crippen molar-refractivity contribution >= 4 is 21.6 Å². The molecule has 0 bridgehead atoms. The zero-order valence-corrected chi connectivity index (χ0v) is 10.7. The Labute approximate surface area is 103 Å². The van der Waals surface area contributed by atoms with Gasteiger partial charge in [-0.05, 0) is 28.9 Å². The summed E-state index contributed by atoms with van der Waals surface area (Å²) in [7, 11) is 0. The second-order valence-corrected chi connectivity index (χ2v) is 4.93. The van der Waals surface area contributed by atoms with Crippen molar-refractivity contribution in [1.82, 2.24) is 4.98 Å². The summed E-state index contributed by atoms with van der Waals surface area (Å²) < 4.78 is 6.56. The molecule has 0 amide bonds. The molecule has 4 nitrogen and oxygen atoms in total. The van der Waals surface area contributed by atoms with E-state index >= 15 is 0 Å². The van der Waals surface area contributed by atoms with Crippen molar-refractivity contribution in [3.8, 4) is 0 Å². The van der Waals surface area contributed by atoms with Crippen LogP contribution >= 0.6 is 15.9 Å². The lowest BCUT2D eigenvalue weighted by molar-refractivity contribution is -0.0421. The van der Waals surface area contributed by atoms with Crippen molar-refractivity contribution in [2.24, 2.45) is 0 Å². The SMILES string of the molecule is CC1CN(c2cncc(Br)c2)CC(CO)O1. The molecule has 2 atom stereocenters. The van der Waals surface area contributed by atoms with E-state index in [4.69, 9.17) is 9.84 Å². The predicted molar refractivity (Wildman–Crippen MR) is 65.6 cm³/mol. The highest BCUT2D eigenvalue weighted by Crippen LogP contribution is 2.22. The summed E-state index contributed by atoms with van der Waals surface area (Å²) in [6, 6.07) is 2.03. The van der Waals surface area contributed by atoms with E-state index in [1.165, 1.54) is 0 Å². The molecule has 0 radical (unpaired) electrons. The summed E-state index contributed by atoms with van der Waals surface area (Å²) in [4.78, 5) is 6.33. The highest BCUT2D eigenvalue weighted by Gasteiger charge is 2.24. The van der Waals surface area contributed by atoms with Crippen LogP contribution in [0.4, 0.5) is 5.69 Å². The van der Waals surface area contributed by atoms with Crippen LogP contribution in [-0.2, 0) is 4.74 Å². The largest absolute Gasteiger partial charge is 0.394 e. The molecule has 1 aromatic heterocycles. The van der Waals surface area contributed by atoms with Crippen LogP contribution < -0.4 is 4.90 Å². The van der Waals surface area contributed by atoms with E-state index in [1.807, 2.05) is 19.2 Å². The molecule has 0 saturated carbocycles. The number of aliphatic hydroxyl groups excluding tert-OH is 1. The van der Waals surface area contributed by atoms with Crippen molar-refractivity contribution in [1.29, 1.82) is 0 Å². The standard InChI is InChI=1S/C11H15BrN2O2/c1-8-5-14(6-11(7-15)16-8)10-2-9(12)3-13-4-10/h2-4,8,11,15H,5-7H2,1H3. The van der Waals surface area contributed by atoms with Crippen molar-refractivity contribution in [2.75, 3.05) is 24.6 Å². The molecule has 1 saturated heterocycles. The number of morpholine rings is 1. The first-order chi connectivity index (χ1) is 7.69. The number of aliphatic hydroxyl groups is 1. The van der Waals surface area contributed by atoms with Gasteiger partial charge in [0.1, 0.15) is 0 Å². The van der Waals surface area contributed by atoms with Crippen LogP contribution in [0.2, 0.25) is 0 Å². The Morgan fingerprint density at radius 1 is 1.56 bits per heavy atom. The topological polar surface area (TPSA) is 45.6 Å². The molecule has 1 aliphatic heterocycles. The van der Waals surface area contributed by atoms with Gasteiger partial charge in [0.2, 0.25) is 0 Å². The van der Waals surface area contributed by atoms with Gasteiger partial charge < -0.3 is 14.7 Å². The van der Waals surface area contributed by atoms with E-state index < -0.39 is 0 Å². The lowest BCUT2D eigenvalue weighted by Crippen LogP contribution is -2.48. The number of halogens is 1. The zero-order valence-electron chi connectivity index (χ0n) is 9.14. The van der Waals surface area contributed by atoms with E-state index in [9.17, 15) is 0 Å². The average molecular weight is 287 g/mol. The fraction of sp³-hybridized carbons (Fsp3) is 0.545. The number of pyridine rings is 1. The fourth-order valence-corrected chi connectivity index (χ4v) is 2.28. The third-order valence-electron chi connectivity index (χ3n) is 2.59. The van der Waals surface area contributed by atoms with Crippen molar-refractivity contribution in [3.63, 3.8) is 0 Å². The minimum Gasteiger partial charge on any atom is -0.394 e. The van der Waals surface area contributed by atoms with Gasteiger partial charge in [0, 0.05) is 23.8 Å². The second-order valence-electron chi connectivity index (χ2n) is 4.02. The van der Waals surface area contributed by atoms with Gasteiger partial charge in [0.15, 0.2) is 0 Å². The highest BCUT2D eigenvalue weighted by molar-refractivity contribution is 9.10. The van der Waals surface area contributed by atoms with Crippen LogP contribution in [-0.4, -0.2) is 42.0 Å².